The molecule has 0 unspecified atom stereocenters. The lowest BCUT2D eigenvalue weighted by Crippen LogP contribution is -2.39. The lowest BCUT2D eigenvalue weighted by Gasteiger charge is -2.31. The van der Waals surface area contributed by atoms with E-state index in [0.29, 0.717) is 23.7 Å². The Kier molecular flexibility index (Phi) is 3.85. The zero-order valence-electron chi connectivity index (χ0n) is 11.5. The van der Waals surface area contributed by atoms with Crippen molar-refractivity contribution < 1.29 is 4.39 Å². The molecule has 2 atom stereocenters. The molecule has 0 spiro atoms. The first kappa shape index (κ1) is 14.3. The zero-order valence-corrected chi connectivity index (χ0v) is 12.2. The Labute approximate surface area is 118 Å². The van der Waals surface area contributed by atoms with E-state index in [9.17, 15) is 9.65 Å². The van der Waals surface area contributed by atoms with Gasteiger partial charge in [-0.15, -0.1) is 0 Å². The number of nitriles is 1. The zero-order chi connectivity index (χ0) is 14.2. The summed E-state index contributed by atoms with van der Waals surface area (Å²) < 4.78 is 14.0. The molecule has 0 aromatic heterocycles. The number of likely N-dealkylation sites (tertiary alicyclic amines) is 1. The van der Waals surface area contributed by atoms with Crippen molar-refractivity contribution >= 4 is 11.6 Å². The van der Waals surface area contributed by atoms with Crippen molar-refractivity contribution in [3.8, 4) is 6.07 Å². The van der Waals surface area contributed by atoms with Gasteiger partial charge in [-0.05, 0) is 38.5 Å². The molecule has 1 aliphatic heterocycles. The Hall–Kier alpha value is -1.11. The van der Waals surface area contributed by atoms with Gasteiger partial charge in [-0.2, -0.15) is 5.26 Å². The van der Waals surface area contributed by atoms with Gasteiger partial charge in [0.05, 0.1) is 12.0 Å². The molecule has 1 aliphatic rings. The molecule has 1 heterocycles. The molecule has 0 amide bonds. The van der Waals surface area contributed by atoms with Crippen LogP contribution in [0, 0.1) is 23.1 Å². The molecule has 102 valence electrons. The molecule has 19 heavy (non-hydrogen) atoms. The first-order chi connectivity index (χ1) is 8.82. The molecule has 0 aliphatic carbocycles. The second-order valence-electron chi connectivity index (χ2n) is 6.08. The van der Waals surface area contributed by atoms with Crippen molar-refractivity contribution in [2.75, 3.05) is 13.1 Å². The highest BCUT2D eigenvalue weighted by atomic mass is 35.5. The highest BCUT2D eigenvalue weighted by molar-refractivity contribution is 6.30. The SMILES string of the molecule is CC(C)(C)N1C[C@H](c2ccc(Cl)cc2F)[C@@H](C#N)C1. The molecular weight excluding hydrogens is 263 g/mol. The smallest absolute Gasteiger partial charge is 0.128 e. The fraction of sp³-hybridized carbons (Fsp3) is 0.533. The Morgan fingerprint density at radius 2 is 2.05 bits per heavy atom. The first-order valence-electron chi connectivity index (χ1n) is 6.42. The van der Waals surface area contributed by atoms with Crippen molar-refractivity contribution in [2.24, 2.45) is 5.92 Å². The minimum absolute atomic E-state index is 0.00719. The summed E-state index contributed by atoms with van der Waals surface area (Å²) in [6.45, 7) is 7.74. The standard InChI is InChI=1S/C15H18ClFN2/c1-15(2,3)19-8-10(7-18)13(9-19)12-5-4-11(16)6-14(12)17/h4-6,10,13H,8-9H2,1-3H3/t10-,13-/m0/s1. The number of nitrogens with zero attached hydrogens (tertiary/aromatic N) is 2. The third-order valence-corrected chi connectivity index (χ3v) is 4.03. The normalized spacial score (nSPS) is 24.4. The maximum Gasteiger partial charge on any atom is 0.128 e. The van der Waals surface area contributed by atoms with Gasteiger partial charge in [-0.25, -0.2) is 4.39 Å². The molecular formula is C15H18ClFN2. The van der Waals surface area contributed by atoms with E-state index in [-0.39, 0.29) is 23.2 Å². The summed E-state index contributed by atoms with van der Waals surface area (Å²) in [6.07, 6.45) is 0. The molecule has 2 nitrogen and oxygen atoms in total. The molecule has 1 aromatic rings. The molecule has 1 fully saturated rings. The van der Waals surface area contributed by atoms with E-state index >= 15 is 0 Å². The van der Waals surface area contributed by atoms with Gasteiger partial charge in [0, 0.05) is 29.6 Å². The van der Waals surface area contributed by atoms with Crippen LogP contribution in [0.25, 0.3) is 0 Å². The van der Waals surface area contributed by atoms with E-state index in [1.54, 1.807) is 12.1 Å². The van der Waals surface area contributed by atoms with Crippen molar-refractivity contribution in [2.45, 2.75) is 32.2 Å². The summed E-state index contributed by atoms with van der Waals surface area (Å²) in [5.41, 5.74) is 0.593. The lowest BCUT2D eigenvalue weighted by atomic mass is 9.89. The minimum Gasteiger partial charge on any atom is -0.297 e. The van der Waals surface area contributed by atoms with Gasteiger partial charge in [0.25, 0.3) is 0 Å². The Morgan fingerprint density at radius 1 is 1.37 bits per heavy atom. The van der Waals surface area contributed by atoms with Gasteiger partial charge < -0.3 is 0 Å². The van der Waals surface area contributed by atoms with Crippen LogP contribution >= 0.6 is 11.6 Å². The first-order valence-corrected chi connectivity index (χ1v) is 6.80. The number of benzene rings is 1. The molecule has 1 aromatic carbocycles. The largest absolute Gasteiger partial charge is 0.297 e. The third kappa shape index (κ3) is 2.91. The predicted molar refractivity (Wildman–Crippen MR) is 74.6 cm³/mol. The van der Waals surface area contributed by atoms with E-state index < -0.39 is 0 Å². The van der Waals surface area contributed by atoms with E-state index in [4.69, 9.17) is 11.6 Å². The minimum atomic E-state index is -0.312. The number of hydrogen-bond donors (Lipinski definition) is 0. The molecule has 0 saturated carbocycles. The number of rotatable bonds is 1. The van der Waals surface area contributed by atoms with Crippen LogP contribution < -0.4 is 0 Å². The summed E-state index contributed by atoms with van der Waals surface area (Å²) in [7, 11) is 0. The summed E-state index contributed by atoms with van der Waals surface area (Å²) >= 11 is 5.78. The average molecular weight is 281 g/mol. The highest BCUT2D eigenvalue weighted by Gasteiger charge is 2.39. The molecule has 0 radical (unpaired) electrons. The van der Waals surface area contributed by atoms with Gasteiger partial charge >= 0.3 is 0 Å². The monoisotopic (exact) mass is 280 g/mol. The molecule has 0 N–H and O–H groups in total. The summed E-state index contributed by atoms with van der Waals surface area (Å²) in [6, 6.07) is 7.04. The van der Waals surface area contributed by atoms with Gasteiger partial charge in [0.15, 0.2) is 0 Å². The maximum absolute atomic E-state index is 14.0. The van der Waals surface area contributed by atoms with Crippen LogP contribution in [0.1, 0.15) is 32.3 Å². The van der Waals surface area contributed by atoms with E-state index in [1.165, 1.54) is 6.07 Å². The van der Waals surface area contributed by atoms with E-state index in [0.717, 1.165) is 0 Å². The lowest BCUT2D eigenvalue weighted by molar-refractivity contribution is 0.170. The molecule has 1 saturated heterocycles. The van der Waals surface area contributed by atoms with Gasteiger partial charge in [-0.3, -0.25) is 4.90 Å². The maximum atomic E-state index is 14.0. The highest BCUT2D eigenvalue weighted by Crippen LogP contribution is 2.37. The van der Waals surface area contributed by atoms with Crippen molar-refractivity contribution in [1.82, 2.24) is 4.90 Å². The van der Waals surface area contributed by atoms with Crippen LogP contribution in [-0.2, 0) is 0 Å². The second kappa shape index (κ2) is 5.11. The Bertz CT molecular complexity index is 516. The fourth-order valence-corrected chi connectivity index (χ4v) is 2.76. The predicted octanol–water partition coefficient (Wildman–Crippen LogP) is 3.82. The quantitative estimate of drug-likeness (QED) is 0.782. The van der Waals surface area contributed by atoms with Crippen LogP contribution in [0.15, 0.2) is 18.2 Å². The van der Waals surface area contributed by atoms with Crippen LogP contribution in [-0.4, -0.2) is 23.5 Å². The topological polar surface area (TPSA) is 27.0 Å². The number of hydrogen-bond acceptors (Lipinski definition) is 2. The van der Waals surface area contributed by atoms with E-state index in [1.807, 2.05) is 0 Å². The van der Waals surface area contributed by atoms with E-state index in [2.05, 4.69) is 31.7 Å². The summed E-state index contributed by atoms with van der Waals surface area (Å²) in [5.74, 6) is -0.565. The van der Waals surface area contributed by atoms with Crippen molar-refractivity contribution in [1.29, 1.82) is 5.26 Å². The van der Waals surface area contributed by atoms with Crippen molar-refractivity contribution in [3.63, 3.8) is 0 Å². The molecule has 4 heteroatoms. The third-order valence-electron chi connectivity index (χ3n) is 3.80. The summed E-state index contributed by atoms with van der Waals surface area (Å²) in [5, 5.41) is 9.69. The van der Waals surface area contributed by atoms with Crippen molar-refractivity contribution in [3.05, 3.63) is 34.6 Å². The molecule has 0 bridgehead atoms. The van der Waals surface area contributed by atoms with Gasteiger partial charge in [0.1, 0.15) is 5.82 Å². The van der Waals surface area contributed by atoms with Crippen LogP contribution in [0.5, 0.6) is 0 Å². The van der Waals surface area contributed by atoms with Gasteiger partial charge in [0.2, 0.25) is 0 Å². The second-order valence-corrected chi connectivity index (χ2v) is 6.52. The summed E-state index contributed by atoms with van der Waals surface area (Å²) in [4.78, 5) is 2.24. The molecule has 2 rings (SSSR count). The van der Waals surface area contributed by atoms with Crippen LogP contribution in [0.4, 0.5) is 4.39 Å². The van der Waals surface area contributed by atoms with Gasteiger partial charge in [-0.1, -0.05) is 17.7 Å². The average Bonchev–Trinajstić information content (AvgIpc) is 2.72. The Morgan fingerprint density at radius 3 is 2.58 bits per heavy atom. The van der Waals surface area contributed by atoms with Crippen LogP contribution in [0.2, 0.25) is 5.02 Å². The Balaban J connectivity index is 2.31. The fourth-order valence-electron chi connectivity index (χ4n) is 2.60. The van der Waals surface area contributed by atoms with Crippen LogP contribution in [0.3, 0.4) is 0 Å². The number of halogens is 2.